The quantitative estimate of drug-likeness (QED) is 0.464. The molecule has 3 rings (SSSR count). The van der Waals surface area contributed by atoms with Crippen LogP contribution in [0.4, 0.5) is 8.78 Å². The van der Waals surface area contributed by atoms with E-state index in [1.54, 1.807) is 0 Å². The van der Waals surface area contributed by atoms with Crippen molar-refractivity contribution >= 4 is 5.96 Å². The molecule has 6 nitrogen and oxygen atoms in total. The van der Waals surface area contributed by atoms with Crippen LogP contribution in [0.3, 0.4) is 0 Å². The molecular formula is C19H27F2N3O3. The Kier molecular flexibility index (Phi) is 7.23. The molecule has 0 aliphatic carbocycles. The van der Waals surface area contributed by atoms with Gasteiger partial charge in [-0.2, -0.15) is 0 Å². The molecule has 27 heavy (non-hydrogen) atoms. The van der Waals surface area contributed by atoms with E-state index in [1.807, 2.05) is 6.92 Å². The van der Waals surface area contributed by atoms with Crippen molar-refractivity contribution in [2.75, 3.05) is 46.0 Å². The first kappa shape index (κ1) is 19.8. The first-order valence-electron chi connectivity index (χ1n) is 9.51. The van der Waals surface area contributed by atoms with Gasteiger partial charge in [-0.3, -0.25) is 0 Å². The molecule has 2 unspecified atom stereocenters. The van der Waals surface area contributed by atoms with Gasteiger partial charge in [0.1, 0.15) is 18.5 Å². The van der Waals surface area contributed by atoms with Crippen molar-refractivity contribution in [3.05, 3.63) is 29.8 Å². The molecule has 150 valence electrons. The van der Waals surface area contributed by atoms with E-state index in [-0.39, 0.29) is 24.6 Å². The summed E-state index contributed by atoms with van der Waals surface area (Å²) < 4.78 is 43.5. The van der Waals surface area contributed by atoms with Crippen LogP contribution in [0, 0.1) is 11.6 Å². The highest BCUT2D eigenvalue weighted by Crippen LogP contribution is 2.21. The van der Waals surface area contributed by atoms with E-state index in [2.05, 4.69) is 15.2 Å². The Morgan fingerprint density at radius 1 is 1.30 bits per heavy atom. The van der Waals surface area contributed by atoms with Crippen molar-refractivity contribution < 1.29 is 23.0 Å². The Balaban J connectivity index is 1.53. The SMILES string of the molecule is CCNC(=NCCOc1ccc(F)cc1F)N1CCOC(C2CCCO2)C1. The van der Waals surface area contributed by atoms with Crippen LogP contribution >= 0.6 is 0 Å². The molecule has 0 amide bonds. The van der Waals surface area contributed by atoms with Gasteiger partial charge in [0.05, 0.1) is 19.3 Å². The van der Waals surface area contributed by atoms with Crippen molar-refractivity contribution in [2.24, 2.45) is 4.99 Å². The Labute approximate surface area is 158 Å². The summed E-state index contributed by atoms with van der Waals surface area (Å²) in [4.78, 5) is 6.74. The number of nitrogens with zero attached hydrogens (tertiary/aromatic N) is 2. The summed E-state index contributed by atoms with van der Waals surface area (Å²) >= 11 is 0. The van der Waals surface area contributed by atoms with Crippen LogP contribution < -0.4 is 10.1 Å². The van der Waals surface area contributed by atoms with Gasteiger partial charge in [0.2, 0.25) is 0 Å². The average Bonchev–Trinajstić information content (AvgIpc) is 3.20. The first-order chi connectivity index (χ1) is 13.2. The molecule has 2 heterocycles. The Bertz CT molecular complexity index is 639. The smallest absolute Gasteiger partial charge is 0.194 e. The van der Waals surface area contributed by atoms with E-state index in [0.29, 0.717) is 13.2 Å². The minimum Gasteiger partial charge on any atom is -0.489 e. The highest BCUT2D eigenvalue weighted by molar-refractivity contribution is 5.80. The Hall–Kier alpha value is -1.93. The number of guanidine groups is 1. The van der Waals surface area contributed by atoms with Gasteiger partial charge in [-0.1, -0.05) is 0 Å². The first-order valence-corrected chi connectivity index (χ1v) is 9.51. The molecule has 0 aromatic heterocycles. The predicted octanol–water partition coefficient (Wildman–Crippen LogP) is 2.19. The third kappa shape index (κ3) is 5.52. The van der Waals surface area contributed by atoms with Crippen molar-refractivity contribution in [1.82, 2.24) is 10.2 Å². The topological polar surface area (TPSA) is 55.3 Å². The van der Waals surface area contributed by atoms with Crippen LogP contribution in [-0.4, -0.2) is 69.1 Å². The van der Waals surface area contributed by atoms with Gasteiger partial charge in [-0.05, 0) is 31.9 Å². The zero-order chi connectivity index (χ0) is 19.1. The molecule has 2 atom stereocenters. The Morgan fingerprint density at radius 3 is 2.89 bits per heavy atom. The van der Waals surface area contributed by atoms with Gasteiger partial charge in [-0.25, -0.2) is 13.8 Å². The summed E-state index contributed by atoms with van der Waals surface area (Å²) in [6.07, 6.45) is 2.31. The number of halogens is 2. The van der Waals surface area contributed by atoms with Crippen LogP contribution in [0.25, 0.3) is 0 Å². The normalized spacial score (nSPS) is 23.5. The van der Waals surface area contributed by atoms with Crippen LogP contribution in [0.15, 0.2) is 23.2 Å². The summed E-state index contributed by atoms with van der Waals surface area (Å²) in [5.74, 6) is -0.521. The molecule has 0 spiro atoms. The predicted molar refractivity (Wildman–Crippen MR) is 98.1 cm³/mol. The highest BCUT2D eigenvalue weighted by atomic mass is 19.1. The number of rotatable bonds is 6. The summed E-state index contributed by atoms with van der Waals surface area (Å²) in [7, 11) is 0. The molecule has 1 N–H and O–H groups in total. The standard InChI is InChI=1S/C19H27F2N3O3/c1-2-22-19(23-7-10-26-16-6-5-14(20)12-15(16)21)24-8-11-27-18(13-24)17-4-3-9-25-17/h5-6,12,17-18H,2-4,7-11,13H2,1H3,(H,22,23). The number of morpholine rings is 1. The molecule has 0 radical (unpaired) electrons. The van der Waals surface area contributed by atoms with Gasteiger partial charge >= 0.3 is 0 Å². The monoisotopic (exact) mass is 383 g/mol. The van der Waals surface area contributed by atoms with E-state index in [4.69, 9.17) is 14.2 Å². The lowest BCUT2D eigenvalue weighted by atomic mass is 10.1. The molecule has 2 aliphatic heterocycles. The summed E-state index contributed by atoms with van der Waals surface area (Å²) in [6, 6.07) is 3.26. The second-order valence-electron chi connectivity index (χ2n) is 6.57. The van der Waals surface area contributed by atoms with Crippen LogP contribution in [0.1, 0.15) is 19.8 Å². The molecule has 0 saturated carbocycles. The second-order valence-corrected chi connectivity index (χ2v) is 6.57. The van der Waals surface area contributed by atoms with E-state index in [0.717, 1.165) is 51.1 Å². The maximum Gasteiger partial charge on any atom is 0.194 e. The zero-order valence-corrected chi connectivity index (χ0v) is 15.6. The Morgan fingerprint density at radius 2 is 2.15 bits per heavy atom. The van der Waals surface area contributed by atoms with Gasteiger partial charge in [0, 0.05) is 32.3 Å². The van der Waals surface area contributed by atoms with Gasteiger partial charge in [0.15, 0.2) is 17.5 Å². The third-order valence-corrected chi connectivity index (χ3v) is 4.61. The fraction of sp³-hybridized carbons (Fsp3) is 0.632. The van der Waals surface area contributed by atoms with E-state index >= 15 is 0 Å². The zero-order valence-electron chi connectivity index (χ0n) is 15.6. The lowest BCUT2D eigenvalue weighted by molar-refractivity contribution is -0.0817. The number of hydrogen-bond acceptors (Lipinski definition) is 4. The lowest BCUT2D eigenvalue weighted by Gasteiger charge is -2.37. The van der Waals surface area contributed by atoms with Crippen LogP contribution in [0.5, 0.6) is 5.75 Å². The molecule has 1 aromatic carbocycles. The van der Waals surface area contributed by atoms with Crippen molar-refractivity contribution in [3.8, 4) is 5.75 Å². The molecule has 8 heteroatoms. The molecular weight excluding hydrogens is 356 g/mol. The minimum atomic E-state index is -0.710. The number of benzene rings is 1. The fourth-order valence-electron chi connectivity index (χ4n) is 3.31. The van der Waals surface area contributed by atoms with Crippen molar-refractivity contribution in [2.45, 2.75) is 32.0 Å². The summed E-state index contributed by atoms with van der Waals surface area (Å²) in [5, 5.41) is 3.28. The molecule has 2 fully saturated rings. The largest absolute Gasteiger partial charge is 0.489 e. The maximum absolute atomic E-state index is 13.6. The summed E-state index contributed by atoms with van der Waals surface area (Å²) in [5.41, 5.74) is 0. The van der Waals surface area contributed by atoms with Gasteiger partial charge in [-0.15, -0.1) is 0 Å². The maximum atomic E-state index is 13.6. The van der Waals surface area contributed by atoms with E-state index < -0.39 is 11.6 Å². The van der Waals surface area contributed by atoms with Crippen molar-refractivity contribution in [3.63, 3.8) is 0 Å². The number of hydrogen-bond donors (Lipinski definition) is 1. The van der Waals surface area contributed by atoms with Crippen LogP contribution in [0.2, 0.25) is 0 Å². The second kappa shape index (κ2) is 9.85. The minimum absolute atomic E-state index is 0.0291. The fourth-order valence-corrected chi connectivity index (χ4v) is 3.31. The lowest BCUT2D eigenvalue weighted by Crippen LogP contribution is -2.53. The third-order valence-electron chi connectivity index (χ3n) is 4.61. The van der Waals surface area contributed by atoms with E-state index in [1.165, 1.54) is 12.1 Å². The average molecular weight is 383 g/mol. The molecule has 2 aliphatic rings. The molecule has 2 saturated heterocycles. The summed E-state index contributed by atoms with van der Waals surface area (Å²) in [6.45, 7) is 6.23. The van der Waals surface area contributed by atoms with Crippen LogP contribution in [-0.2, 0) is 9.47 Å². The van der Waals surface area contributed by atoms with Crippen molar-refractivity contribution in [1.29, 1.82) is 0 Å². The van der Waals surface area contributed by atoms with E-state index in [9.17, 15) is 8.78 Å². The van der Waals surface area contributed by atoms with Gasteiger partial charge in [0.25, 0.3) is 0 Å². The molecule has 0 bridgehead atoms. The molecule has 1 aromatic rings. The highest BCUT2D eigenvalue weighted by Gasteiger charge is 2.32. The van der Waals surface area contributed by atoms with Gasteiger partial charge < -0.3 is 24.4 Å². The number of aliphatic imine (C=N–C) groups is 1. The number of ether oxygens (including phenoxy) is 3. The number of nitrogens with one attached hydrogen (secondary N) is 1.